The lowest BCUT2D eigenvalue weighted by atomic mass is 10.0. The highest BCUT2D eigenvalue weighted by Crippen LogP contribution is 2.24. The molecule has 4 aromatic rings. The maximum absolute atomic E-state index is 11.9. The molecule has 6 nitrogen and oxygen atoms in total. The molecule has 32 heavy (non-hydrogen) atoms. The van der Waals surface area contributed by atoms with Gasteiger partial charge in [0.05, 0.1) is 5.56 Å². The van der Waals surface area contributed by atoms with Crippen LogP contribution in [-0.4, -0.2) is 32.0 Å². The smallest absolute Gasteiger partial charge is 0.196 e. The van der Waals surface area contributed by atoms with Crippen LogP contribution in [0.15, 0.2) is 97.1 Å². The lowest BCUT2D eigenvalue weighted by Gasteiger charge is -2.04. The van der Waals surface area contributed by atoms with Gasteiger partial charge in [-0.15, -0.1) is 0 Å². The molecule has 0 spiro atoms. The van der Waals surface area contributed by atoms with Crippen molar-refractivity contribution < 1.29 is 30.0 Å². The summed E-state index contributed by atoms with van der Waals surface area (Å²) in [6.07, 6.45) is 0. The molecule has 0 aliphatic carbocycles. The highest BCUT2D eigenvalue weighted by Gasteiger charge is 2.13. The molecule has 4 aromatic carbocycles. The molecule has 0 saturated heterocycles. The Morgan fingerprint density at radius 2 is 0.969 bits per heavy atom. The summed E-state index contributed by atoms with van der Waals surface area (Å²) in [7, 11) is 0. The second-order valence-electron chi connectivity index (χ2n) is 6.83. The van der Waals surface area contributed by atoms with Crippen LogP contribution in [0.1, 0.15) is 31.8 Å². The average molecular weight is 428 g/mol. The molecular formula is C26H20O6. The third-order valence-electron chi connectivity index (χ3n) is 4.48. The van der Waals surface area contributed by atoms with Gasteiger partial charge >= 0.3 is 0 Å². The molecule has 160 valence electrons. The Morgan fingerprint density at radius 1 is 0.469 bits per heavy atom. The van der Waals surface area contributed by atoms with Crippen molar-refractivity contribution in [3.63, 3.8) is 0 Å². The van der Waals surface area contributed by atoms with Crippen LogP contribution in [0.4, 0.5) is 0 Å². The Bertz CT molecular complexity index is 1200. The second-order valence-corrected chi connectivity index (χ2v) is 6.83. The summed E-state index contributed by atoms with van der Waals surface area (Å²) in [6.45, 7) is 0. The topological polar surface area (TPSA) is 115 Å². The van der Waals surface area contributed by atoms with E-state index in [1.807, 2.05) is 0 Å². The van der Waals surface area contributed by atoms with Crippen molar-refractivity contribution >= 4 is 11.6 Å². The van der Waals surface area contributed by atoms with Crippen molar-refractivity contribution in [1.82, 2.24) is 0 Å². The number of carbonyl (C=O) groups is 2. The Balaban J connectivity index is 0.000000181. The third-order valence-corrected chi connectivity index (χ3v) is 4.48. The largest absolute Gasteiger partial charge is 0.508 e. The van der Waals surface area contributed by atoms with E-state index in [4.69, 9.17) is 0 Å². The zero-order chi connectivity index (χ0) is 23.1. The summed E-state index contributed by atoms with van der Waals surface area (Å²) in [4.78, 5) is 23.9. The number of ketones is 2. The SMILES string of the molecule is O=C(c1cccc(O)c1)c1cccc(O)c1.O=C(c1ccccc1)c1cc(O)ccc1O. The van der Waals surface area contributed by atoms with Gasteiger partial charge in [0.25, 0.3) is 0 Å². The molecule has 0 aliphatic rings. The third kappa shape index (κ3) is 5.52. The van der Waals surface area contributed by atoms with Gasteiger partial charge in [0, 0.05) is 16.7 Å². The molecule has 0 aromatic heterocycles. The fourth-order valence-corrected chi connectivity index (χ4v) is 2.91. The van der Waals surface area contributed by atoms with Crippen LogP contribution < -0.4 is 0 Å². The maximum atomic E-state index is 11.9. The first kappa shape index (κ1) is 22.1. The summed E-state index contributed by atoms with van der Waals surface area (Å²) in [5.41, 5.74) is 1.37. The molecule has 6 heteroatoms. The van der Waals surface area contributed by atoms with Crippen molar-refractivity contribution in [2.45, 2.75) is 0 Å². The summed E-state index contributed by atoms with van der Waals surface area (Å²) in [6, 6.07) is 24.7. The minimum absolute atomic E-state index is 0.0444. The molecule has 0 amide bonds. The molecule has 0 saturated carbocycles. The van der Waals surface area contributed by atoms with Crippen LogP contribution in [0.3, 0.4) is 0 Å². The molecule has 0 radical (unpaired) electrons. The first-order chi connectivity index (χ1) is 15.3. The number of phenols is 4. The number of hydrogen-bond acceptors (Lipinski definition) is 6. The predicted octanol–water partition coefficient (Wildman–Crippen LogP) is 4.66. The molecule has 0 fully saturated rings. The lowest BCUT2D eigenvalue weighted by molar-refractivity contribution is 0.102. The summed E-state index contributed by atoms with van der Waals surface area (Å²) >= 11 is 0. The van der Waals surface area contributed by atoms with Gasteiger partial charge in [0.15, 0.2) is 11.6 Å². The van der Waals surface area contributed by atoms with E-state index in [0.717, 1.165) is 0 Å². The van der Waals surface area contributed by atoms with E-state index in [-0.39, 0.29) is 40.1 Å². The predicted molar refractivity (Wildman–Crippen MR) is 119 cm³/mol. The molecule has 0 aliphatic heterocycles. The maximum Gasteiger partial charge on any atom is 0.196 e. The minimum Gasteiger partial charge on any atom is -0.508 e. The van der Waals surface area contributed by atoms with Crippen molar-refractivity contribution in [3.05, 3.63) is 119 Å². The Labute approximate surface area is 184 Å². The second kappa shape index (κ2) is 9.95. The Kier molecular flexibility index (Phi) is 6.88. The zero-order valence-corrected chi connectivity index (χ0v) is 16.8. The normalized spacial score (nSPS) is 10.0. The van der Waals surface area contributed by atoms with Crippen molar-refractivity contribution in [1.29, 1.82) is 0 Å². The quantitative estimate of drug-likeness (QED) is 0.278. The highest BCUT2D eigenvalue weighted by molar-refractivity contribution is 6.11. The fraction of sp³-hybridized carbons (Fsp3) is 0. The lowest BCUT2D eigenvalue weighted by Crippen LogP contribution is -2.00. The van der Waals surface area contributed by atoms with Crippen LogP contribution in [0.5, 0.6) is 23.0 Å². The van der Waals surface area contributed by atoms with E-state index in [2.05, 4.69) is 0 Å². The average Bonchev–Trinajstić information content (AvgIpc) is 2.81. The van der Waals surface area contributed by atoms with Gasteiger partial charge in [-0.3, -0.25) is 9.59 Å². The molecule has 0 heterocycles. The van der Waals surface area contributed by atoms with Gasteiger partial charge < -0.3 is 20.4 Å². The first-order valence-electron chi connectivity index (χ1n) is 9.59. The van der Waals surface area contributed by atoms with Gasteiger partial charge in [0.2, 0.25) is 0 Å². The van der Waals surface area contributed by atoms with Crippen LogP contribution in [0.25, 0.3) is 0 Å². The zero-order valence-electron chi connectivity index (χ0n) is 16.8. The van der Waals surface area contributed by atoms with Crippen molar-refractivity contribution in [2.75, 3.05) is 0 Å². The Morgan fingerprint density at radius 3 is 1.50 bits per heavy atom. The Hall–Kier alpha value is -4.58. The van der Waals surface area contributed by atoms with E-state index in [9.17, 15) is 30.0 Å². The van der Waals surface area contributed by atoms with E-state index >= 15 is 0 Å². The summed E-state index contributed by atoms with van der Waals surface area (Å²) in [5, 5.41) is 37.3. The van der Waals surface area contributed by atoms with Crippen LogP contribution in [-0.2, 0) is 0 Å². The monoisotopic (exact) mass is 428 g/mol. The number of phenolic OH excluding ortho intramolecular Hbond substituents is 4. The van der Waals surface area contributed by atoms with Crippen LogP contribution in [0, 0.1) is 0 Å². The van der Waals surface area contributed by atoms with Gasteiger partial charge in [-0.25, -0.2) is 0 Å². The summed E-state index contributed by atoms with van der Waals surface area (Å²) in [5.74, 6) is -0.624. The number of benzene rings is 4. The summed E-state index contributed by atoms with van der Waals surface area (Å²) < 4.78 is 0. The molecule has 0 atom stereocenters. The van der Waals surface area contributed by atoms with Crippen molar-refractivity contribution in [2.24, 2.45) is 0 Å². The molecule has 4 rings (SSSR count). The van der Waals surface area contributed by atoms with Crippen molar-refractivity contribution in [3.8, 4) is 23.0 Å². The number of carbonyl (C=O) groups excluding carboxylic acids is 2. The highest BCUT2D eigenvalue weighted by atomic mass is 16.3. The number of aromatic hydroxyl groups is 4. The van der Waals surface area contributed by atoms with Gasteiger partial charge in [-0.1, -0.05) is 54.6 Å². The number of hydrogen-bond donors (Lipinski definition) is 4. The standard InChI is InChI=1S/2C13H10O3/c14-11-5-1-3-9(7-11)13(16)10-4-2-6-12(15)8-10;14-10-6-7-12(15)11(8-10)13(16)9-4-2-1-3-5-9/h2*1-8,14-15H. The van der Waals surface area contributed by atoms with E-state index in [1.54, 1.807) is 54.6 Å². The van der Waals surface area contributed by atoms with Crippen LogP contribution in [0.2, 0.25) is 0 Å². The number of rotatable bonds is 4. The van der Waals surface area contributed by atoms with Gasteiger partial charge in [0.1, 0.15) is 23.0 Å². The molecule has 0 bridgehead atoms. The van der Waals surface area contributed by atoms with E-state index in [0.29, 0.717) is 16.7 Å². The molecular weight excluding hydrogens is 408 g/mol. The van der Waals surface area contributed by atoms with Crippen LogP contribution >= 0.6 is 0 Å². The van der Waals surface area contributed by atoms with E-state index in [1.165, 1.54) is 42.5 Å². The van der Waals surface area contributed by atoms with Gasteiger partial charge in [-0.05, 0) is 42.5 Å². The molecule has 4 N–H and O–H groups in total. The minimum atomic E-state index is -0.311. The fourth-order valence-electron chi connectivity index (χ4n) is 2.91. The first-order valence-corrected chi connectivity index (χ1v) is 9.59. The molecule has 0 unspecified atom stereocenters. The van der Waals surface area contributed by atoms with E-state index < -0.39 is 0 Å². The van der Waals surface area contributed by atoms with Gasteiger partial charge in [-0.2, -0.15) is 0 Å².